The van der Waals surface area contributed by atoms with Gasteiger partial charge in [-0.2, -0.15) is 0 Å². The van der Waals surface area contributed by atoms with Crippen molar-refractivity contribution in [1.82, 2.24) is 19.8 Å². The first-order chi connectivity index (χ1) is 10.2. The fraction of sp³-hybridized carbons (Fsp3) is 0.846. The van der Waals surface area contributed by atoms with E-state index in [2.05, 4.69) is 10.4 Å². The van der Waals surface area contributed by atoms with Gasteiger partial charge in [-0.05, 0) is 35.5 Å². The Kier molecular flexibility index (Phi) is 3.39. The molecule has 0 radical (unpaired) electrons. The summed E-state index contributed by atoms with van der Waals surface area (Å²) < 4.78 is 15.0. The van der Waals surface area contributed by atoms with Gasteiger partial charge < -0.3 is 9.47 Å². The Balaban J connectivity index is 1.62. The zero-order valence-electron chi connectivity index (χ0n) is 11.7. The highest BCUT2D eigenvalue weighted by Gasteiger charge is 2.45. The van der Waals surface area contributed by atoms with Gasteiger partial charge in [-0.15, -0.1) is 0 Å². The number of carbonyl (C=O) groups excluding carboxylic acids is 1. The van der Waals surface area contributed by atoms with E-state index in [9.17, 15) is 4.79 Å². The molecule has 2 bridgehead atoms. The molecule has 7 nitrogen and oxygen atoms in total. The van der Waals surface area contributed by atoms with Crippen molar-refractivity contribution in [3.05, 3.63) is 4.77 Å². The Morgan fingerprint density at radius 3 is 2.71 bits per heavy atom. The molecule has 1 aromatic rings. The van der Waals surface area contributed by atoms with Crippen LogP contribution in [0.1, 0.15) is 50.6 Å². The average molecular weight is 310 g/mol. The van der Waals surface area contributed by atoms with Crippen LogP contribution in [0.15, 0.2) is 0 Å². The van der Waals surface area contributed by atoms with Gasteiger partial charge in [0.1, 0.15) is 6.10 Å². The molecule has 0 N–H and O–H groups in total. The molecule has 21 heavy (non-hydrogen) atoms. The maximum absolute atomic E-state index is 11.9. The number of aromatic nitrogens is 4. The Morgan fingerprint density at radius 2 is 1.90 bits per heavy atom. The van der Waals surface area contributed by atoms with Gasteiger partial charge in [-0.25, -0.2) is 9.36 Å². The van der Waals surface area contributed by atoms with Gasteiger partial charge in [0.15, 0.2) is 5.78 Å². The van der Waals surface area contributed by atoms with Crippen molar-refractivity contribution in [2.45, 2.75) is 63.0 Å². The second-order valence-electron chi connectivity index (χ2n) is 6.02. The molecule has 4 rings (SSSR count). The lowest BCUT2D eigenvalue weighted by Gasteiger charge is -2.26. The number of Topliss-reactive ketones (excluding diaryl/α,β-unsaturated/α-hetero) is 1. The second-order valence-corrected chi connectivity index (χ2v) is 6.39. The molecule has 3 heterocycles. The predicted molar refractivity (Wildman–Crippen MR) is 74.2 cm³/mol. The van der Waals surface area contributed by atoms with Crippen molar-refractivity contribution >= 4 is 18.0 Å². The van der Waals surface area contributed by atoms with E-state index in [1.807, 2.05) is 4.68 Å². The van der Waals surface area contributed by atoms with Crippen LogP contribution in [-0.4, -0.2) is 44.6 Å². The van der Waals surface area contributed by atoms with E-state index in [-0.39, 0.29) is 17.9 Å². The fourth-order valence-electron chi connectivity index (χ4n) is 3.50. The summed E-state index contributed by atoms with van der Waals surface area (Å²) in [4.78, 5) is 11.9. The van der Waals surface area contributed by atoms with Crippen LogP contribution in [0.2, 0.25) is 0 Å². The van der Waals surface area contributed by atoms with Crippen molar-refractivity contribution < 1.29 is 14.3 Å². The maximum atomic E-state index is 11.9. The number of hydrogen-bond donors (Lipinski definition) is 0. The summed E-state index contributed by atoms with van der Waals surface area (Å²) in [6.45, 7) is 0.416. The number of ketones is 1. The van der Waals surface area contributed by atoms with Crippen LogP contribution < -0.4 is 0 Å². The molecule has 1 aliphatic carbocycles. The van der Waals surface area contributed by atoms with E-state index < -0.39 is 6.29 Å². The summed E-state index contributed by atoms with van der Waals surface area (Å²) in [7, 11) is 0. The highest BCUT2D eigenvalue weighted by molar-refractivity contribution is 7.71. The van der Waals surface area contributed by atoms with Gasteiger partial charge in [0.05, 0.1) is 18.7 Å². The van der Waals surface area contributed by atoms with Crippen molar-refractivity contribution in [3.8, 4) is 0 Å². The highest BCUT2D eigenvalue weighted by Crippen LogP contribution is 2.33. The third-order valence-electron chi connectivity index (χ3n) is 4.67. The van der Waals surface area contributed by atoms with Crippen LogP contribution in [-0.2, 0) is 14.3 Å². The quantitative estimate of drug-likeness (QED) is 0.772. The first kappa shape index (κ1) is 13.5. The third kappa shape index (κ3) is 2.25. The third-order valence-corrected chi connectivity index (χ3v) is 5.05. The minimum absolute atomic E-state index is 0.0390. The topological polar surface area (TPSA) is 71.2 Å². The molecule has 0 aromatic carbocycles. The van der Waals surface area contributed by atoms with Crippen molar-refractivity contribution in [3.63, 3.8) is 0 Å². The minimum Gasteiger partial charge on any atom is -0.343 e. The number of hydrogen-bond acceptors (Lipinski definition) is 6. The van der Waals surface area contributed by atoms with E-state index in [0.29, 0.717) is 23.8 Å². The Labute approximate surface area is 127 Å². The summed E-state index contributed by atoms with van der Waals surface area (Å²) in [5.41, 5.74) is 0. The Morgan fingerprint density at radius 1 is 1.14 bits per heavy atom. The first-order valence-corrected chi connectivity index (χ1v) is 7.98. The minimum atomic E-state index is -0.686. The van der Waals surface area contributed by atoms with Crippen molar-refractivity contribution in [2.75, 3.05) is 6.61 Å². The number of nitrogens with zero attached hydrogens (tertiary/aromatic N) is 4. The molecule has 2 saturated heterocycles. The van der Waals surface area contributed by atoms with Crippen LogP contribution >= 0.6 is 12.2 Å². The summed E-state index contributed by atoms with van der Waals surface area (Å²) in [5.74, 6) is -0.0390. The lowest BCUT2D eigenvalue weighted by atomic mass is 9.96. The monoisotopic (exact) mass is 310 g/mol. The molecule has 114 valence electrons. The van der Waals surface area contributed by atoms with Gasteiger partial charge in [0.25, 0.3) is 0 Å². The standard InChI is InChI=1S/C13H18N4O3S/c18-10-6-9(11-7-19-12(10)20-11)17-13(21)16(14-15-17)8-4-2-1-3-5-8/h8-9,11-12H,1-7H2/t9-,11+,12-/m0/s1. The fourth-order valence-corrected chi connectivity index (χ4v) is 3.86. The van der Waals surface area contributed by atoms with E-state index in [1.165, 1.54) is 19.3 Å². The summed E-state index contributed by atoms with van der Waals surface area (Å²) in [5, 5.41) is 8.44. The SMILES string of the molecule is O=C1C[C@H](n2nnn(C3CCCCC3)c2=S)[C@H]2CO[C@H]1O2. The average Bonchev–Trinajstić information content (AvgIpc) is 3.10. The lowest BCUT2D eigenvalue weighted by molar-refractivity contribution is -0.156. The molecular formula is C13H18N4O3S. The number of carbonyl (C=O) groups is 1. The van der Waals surface area contributed by atoms with Gasteiger partial charge in [0, 0.05) is 6.42 Å². The lowest BCUT2D eigenvalue weighted by Crippen LogP contribution is -2.37. The van der Waals surface area contributed by atoms with Gasteiger partial charge in [-0.3, -0.25) is 4.79 Å². The Bertz CT molecular complexity index is 607. The molecule has 0 unspecified atom stereocenters. The van der Waals surface area contributed by atoms with Crippen molar-refractivity contribution in [2.24, 2.45) is 0 Å². The summed E-state index contributed by atoms with van der Waals surface area (Å²) in [6, 6.07) is 0.147. The first-order valence-electron chi connectivity index (χ1n) is 7.58. The molecule has 1 aromatic heterocycles. The van der Waals surface area contributed by atoms with Crippen LogP contribution in [0, 0.1) is 4.77 Å². The van der Waals surface area contributed by atoms with E-state index in [0.717, 1.165) is 12.8 Å². The predicted octanol–water partition coefficient (Wildman–Crippen LogP) is 1.57. The maximum Gasteiger partial charge on any atom is 0.218 e. The zero-order valence-corrected chi connectivity index (χ0v) is 12.5. The number of tetrazole rings is 1. The molecule has 0 amide bonds. The van der Waals surface area contributed by atoms with E-state index >= 15 is 0 Å². The molecule has 0 spiro atoms. The molecule has 8 heteroatoms. The largest absolute Gasteiger partial charge is 0.343 e. The normalized spacial score (nSPS) is 33.5. The van der Waals surface area contributed by atoms with Crippen LogP contribution in [0.3, 0.4) is 0 Å². The molecule has 3 fully saturated rings. The molecule has 3 aliphatic rings. The number of ether oxygens (including phenoxy) is 2. The van der Waals surface area contributed by atoms with Crippen LogP contribution in [0.25, 0.3) is 0 Å². The number of fused-ring (bicyclic) bond motifs is 2. The molecule has 3 atom stereocenters. The zero-order chi connectivity index (χ0) is 14.4. The van der Waals surface area contributed by atoms with Crippen molar-refractivity contribution in [1.29, 1.82) is 0 Å². The highest BCUT2D eigenvalue weighted by atomic mass is 32.1. The Hall–Kier alpha value is -1.12. The number of rotatable bonds is 2. The smallest absolute Gasteiger partial charge is 0.218 e. The summed E-state index contributed by atoms with van der Waals surface area (Å²) >= 11 is 5.53. The van der Waals surface area contributed by atoms with E-state index in [1.54, 1.807) is 4.68 Å². The van der Waals surface area contributed by atoms with Gasteiger partial charge >= 0.3 is 0 Å². The summed E-state index contributed by atoms with van der Waals surface area (Å²) in [6.07, 6.45) is 5.41. The second kappa shape index (κ2) is 5.26. The molecule has 1 saturated carbocycles. The molecular weight excluding hydrogens is 292 g/mol. The van der Waals surface area contributed by atoms with Crippen LogP contribution in [0.5, 0.6) is 0 Å². The van der Waals surface area contributed by atoms with Gasteiger partial charge in [-0.1, -0.05) is 19.3 Å². The molecule has 2 aliphatic heterocycles. The van der Waals surface area contributed by atoms with Crippen LogP contribution in [0.4, 0.5) is 0 Å². The van der Waals surface area contributed by atoms with E-state index in [4.69, 9.17) is 21.7 Å². The van der Waals surface area contributed by atoms with Gasteiger partial charge in [0.2, 0.25) is 11.1 Å².